The maximum Gasteiger partial charge on any atom is 0.0650 e. The fourth-order valence-corrected chi connectivity index (χ4v) is 1.31. The minimum absolute atomic E-state index is 0.168. The second-order valence-electron chi connectivity index (χ2n) is 3.52. The molecule has 1 heterocycles. The zero-order valence-electron chi connectivity index (χ0n) is 10.9. The summed E-state index contributed by atoms with van der Waals surface area (Å²) in [5, 5.41) is 7.91. The Balaban J connectivity index is 0.000000321. The van der Waals surface area contributed by atoms with Crippen LogP contribution in [0.4, 0.5) is 0 Å². The number of aromatic nitrogens is 2. The molecule has 1 aromatic carbocycles. The van der Waals surface area contributed by atoms with Crippen molar-refractivity contribution in [1.29, 1.82) is 0 Å². The van der Waals surface area contributed by atoms with Crippen LogP contribution in [-0.4, -0.2) is 16.7 Å². The van der Waals surface area contributed by atoms with Crippen LogP contribution in [0.1, 0.15) is 0 Å². The van der Waals surface area contributed by atoms with Gasteiger partial charge < -0.3 is 11.5 Å². The molecule has 4 N–H and O–H groups in total. The third-order valence-corrected chi connectivity index (χ3v) is 2.38. The number of allylic oxidation sites excluding steroid dienone is 1. The summed E-state index contributed by atoms with van der Waals surface area (Å²) in [5.74, 6) is 0. The Labute approximate surface area is 133 Å². The molecule has 4 nitrogen and oxygen atoms in total. The third-order valence-electron chi connectivity index (χ3n) is 2.38. The minimum atomic E-state index is 0.168. The van der Waals surface area contributed by atoms with Gasteiger partial charge in [-0.15, -0.1) is 6.54 Å². The fourth-order valence-electron chi connectivity index (χ4n) is 1.31. The van der Waals surface area contributed by atoms with Crippen molar-refractivity contribution in [1.82, 2.24) is 10.2 Å². The van der Waals surface area contributed by atoms with Crippen LogP contribution in [-0.2, 0) is 17.3 Å². The van der Waals surface area contributed by atoms with Crippen molar-refractivity contribution >= 4 is 20.6 Å². The van der Waals surface area contributed by atoms with E-state index in [9.17, 15) is 0 Å². The number of fused-ring (bicyclic) bond motifs is 1. The first-order valence-electron chi connectivity index (χ1n) is 5.62. The van der Waals surface area contributed by atoms with Gasteiger partial charge in [-0.25, -0.2) is 0 Å². The molecule has 2 aromatic rings. The number of halogens is 1. The van der Waals surface area contributed by atoms with E-state index < -0.39 is 0 Å². The van der Waals surface area contributed by atoms with Crippen LogP contribution in [0.5, 0.6) is 0 Å². The summed E-state index contributed by atoms with van der Waals surface area (Å²) in [6.07, 6.45) is 4.91. The molecule has 0 radical (unpaired) electrons. The van der Waals surface area contributed by atoms with Gasteiger partial charge in [0.05, 0.1) is 11.7 Å². The number of hydrogen-bond donors (Lipinski definition) is 2. The first-order valence-corrected chi connectivity index (χ1v) is 7.86. The second kappa shape index (κ2) is 11.4. The molecular formula is C14H17ClN4Ru. The Morgan fingerprint density at radius 2 is 2.00 bits per heavy atom. The molecule has 20 heavy (non-hydrogen) atoms. The number of aromatic amines is 1. The Kier molecular flexibility index (Phi) is 10.6. The molecule has 0 unspecified atom stereocenters. The van der Waals surface area contributed by atoms with Crippen LogP contribution in [0.25, 0.3) is 16.6 Å². The summed E-state index contributed by atoms with van der Waals surface area (Å²) in [6.45, 7) is 7.13. The Hall–Kier alpha value is -1.42. The van der Waals surface area contributed by atoms with Crippen LogP contribution in [0, 0.1) is 0 Å². The van der Waals surface area contributed by atoms with Crippen LogP contribution >= 0.6 is 9.69 Å². The predicted octanol–water partition coefficient (Wildman–Crippen LogP) is 3.87. The quantitative estimate of drug-likeness (QED) is 0.629. The van der Waals surface area contributed by atoms with Gasteiger partial charge in [-0.1, -0.05) is 37.4 Å². The molecule has 2 rings (SSSR count). The molecule has 0 fully saturated rings. The number of hydrogen-bond acceptors (Lipinski definition) is 2. The van der Waals surface area contributed by atoms with Crippen LogP contribution in [0.2, 0.25) is 0 Å². The van der Waals surface area contributed by atoms with Crippen LogP contribution in [0.15, 0.2) is 67.0 Å². The maximum atomic E-state index is 6.94. The molecule has 0 atom stereocenters. The average molecular weight is 378 g/mol. The molecule has 0 bridgehead atoms. The van der Waals surface area contributed by atoms with Gasteiger partial charge in [0.1, 0.15) is 0 Å². The summed E-state index contributed by atoms with van der Waals surface area (Å²) < 4.78 is 0. The Bertz CT molecular complexity index is 533. The van der Waals surface area contributed by atoms with E-state index in [0.717, 1.165) is 16.5 Å². The van der Waals surface area contributed by atoms with E-state index >= 15 is 0 Å². The number of nitrogens with one attached hydrogen (secondary N) is 2. The van der Waals surface area contributed by atoms with E-state index in [-0.39, 0.29) is 6.54 Å². The smallest absolute Gasteiger partial charge is 0.0650 e. The summed E-state index contributed by atoms with van der Waals surface area (Å²) >= 11 is 1.82. The van der Waals surface area contributed by atoms with E-state index in [2.05, 4.69) is 33.0 Å². The summed E-state index contributed by atoms with van der Waals surface area (Å²) in [4.78, 5) is 0. The molecule has 1 aromatic heterocycles. The topological polar surface area (TPSA) is 78.5 Å². The minimum Gasteiger partial charge on any atom is -0.278 e. The van der Waals surface area contributed by atoms with Crippen molar-refractivity contribution in [3.05, 3.63) is 72.8 Å². The van der Waals surface area contributed by atoms with Crippen molar-refractivity contribution in [3.8, 4) is 0 Å². The van der Waals surface area contributed by atoms with E-state index in [1.807, 2.05) is 47.8 Å². The number of benzene rings is 1. The van der Waals surface area contributed by atoms with Crippen molar-refractivity contribution in [2.45, 2.75) is 0 Å². The van der Waals surface area contributed by atoms with E-state index in [0.29, 0.717) is 5.70 Å². The van der Waals surface area contributed by atoms with Gasteiger partial charge in [0.2, 0.25) is 0 Å². The van der Waals surface area contributed by atoms with Crippen molar-refractivity contribution in [3.63, 3.8) is 0 Å². The summed E-state index contributed by atoms with van der Waals surface area (Å²) in [7, 11) is 4.57. The SMILES string of the molecule is C=C/C(N)=C(\C=C)C[NH-].[Cl][Ru+].c1ccc2[nH]ncc2c1. The largest absolute Gasteiger partial charge is 0.278 e. The first kappa shape index (κ1) is 18.6. The maximum absolute atomic E-state index is 6.94. The molecule has 0 aliphatic heterocycles. The zero-order chi connectivity index (χ0) is 15.4. The summed E-state index contributed by atoms with van der Waals surface area (Å²) in [5.41, 5.74) is 14.7. The van der Waals surface area contributed by atoms with Gasteiger partial charge >= 0.3 is 27.0 Å². The number of nitrogens with zero attached hydrogens (tertiary/aromatic N) is 1. The predicted molar refractivity (Wildman–Crippen MR) is 82.7 cm³/mol. The number of H-pyrrole nitrogens is 1. The molecule has 0 aliphatic rings. The molecule has 108 valence electrons. The van der Waals surface area contributed by atoms with E-state index in [1.54, 1.807) is 6.08 Å². The Morgan fingerprint density at radius 3 is 2.45 bits per heavy atom. The van der Waals surface area contributed by atoms with E-state index in [4.69, 9.17) is 11.5 Å². The fraction of sp³-hybridized carbons (Fsp3) is 0.0714. The van der Waals surface area contributed by atoms with Gasteiger partial charge in [-0.2, -0.15) is 5.10 Å². The number of rotatable bonds is 3. The normalized spacial score (nSPS) is 10.3. The van der Waals surface area contributed by atoms with Gasteiger partial charge in [0.15, 0.2) is 0 Å². The van der Waals surface area contributed by atoms with Crippen molar-refractivity contribution in [2.24, 2.45) is 5.73 Å². The van der Waals surface area contributed by atoms with Crippen LogP contribution in [0.3, 0.4) is 0 Å². The molecule has 0 amide bonds. The van der Waals surface area contributed by atoms with Crippen LogP contribution < -0.4 is 5.73 Å². The molecular weight excluding hydrogens is 361 g/mol. The van der Waals surface area contributed by atoms with Gasteiger partial charge in [0.25, 0.3) is 0 Å². The first-order chi connectivity index (χ1) is 9.72. The number of para-hydroxylation sites is 1. The molecule has 0 spiro atoms. The summed E-state index contributed by atoms with van der Waals surface area (Å²) in [6, 6.07) is 8.01. The van der Waals surface area contributed by atoms with Gasteiger partial charge in [0, 0.05) is 11.1 Å². The second-order valence-corrected chi connectivity index (χ2v) is 3.52. The molecule has 0 aliphatic carbocycles. The standard InChI is InChI=1S/C7H6N2.C7H11N2.ClH.Ru/c1-2-4-7-6(3-1)5-8-9-7;1-3-6(5-8)7(9)4-2;;/h1-5H,(H,8,9);3-4,8H,1-2,5,9H2;1H;/q;-1;;+2/p-1/b;7-6-;;. The molecule has 6 heteroatoms. The zero-order valence-corrected chi connectivity index (χ0v) is 13.4. The average Bonchev–Trinajstić information content (AvgIpc) is 2.99. The number of nitrogens with two attached hydrogens (primary N) is 1. The monoisotopic (exact) mass is 378 g/mol. The van der Waals surface area contributed by atoms with Gasteiger partial charge in [-0.05, 0) is 17.7 Å². The van der Waals surface area contributed by atoms with E-state index in [1.165, 1.54) is 6.08 Å². The van der Waals surface area contributed by atoms with Gasteiger partial charge in [-0.3, -0.25) is 5.10 Å². The molecule has 0 saturated carbocycles. The van der Waals surface area contributed by atoms with Crippen molar-refractivity contribution < 1.29 is 17.3 Å². The van der Waals surface area contributed by atoms with Crippen molar-refractivity contribution in [2.75, 3.05) is 6.54 Å². The molecule has 0 saturated heterocycles. The third kappa shape index (κ3) is 6.15. The Morgan fingerprint density at radius 1 is 1.35 bits per heavy atom.